The molecule has 0 aliphatic rings. The minimum Gasteiger partial charge on any atom is -0.501 e. The van der Waals surface area contributed by atoms with E-state index in [0.717, 1.165) is 4.57 Å². The fourth-order valence-corrected chi connectivity index (χ4v) is 2.31. The topological polar surface area (TPSA) is 98.3 Å². The number of aromatic nitrogens is 2. The van der Waals surface area contributed by atoms with E-state index < -0.39 is 21.9 Å². The Morgan fingerprint density at radius 1 is 1.23 bits per heavy atom. The Kier molecular flexibility index (Phi) is 3.26. The van der Waals surface area contributed by atoms with Crippen molar-refractivity contribution in [3.8, 4) is 11.4 Å². The molecule has 3 aromatic rings. The van der Waals surface area contributed by atoms with Gasteiger partial charge in [-0.05, 0) is 36.4 Å². The predicted molar refractivity (Wildman–Crippen MR) is 80.7 cm³/mol. The number of pyridine rings is 2. The van der Waals surface area contributed by atoms with Gasteiger partial charge in [0.25, 0.3) is 0 Å². The molecular formula is C14H8ClN3O4. The lowest BCUT2D eigenvalue weighted by molar-refractivity contribution is -0.387. The van der Waals surface area contributed by atoms with Gasteiger partial charge in [0, 0.05) is 11.2 Å². The molecule has 0 amide bonds. The highest BCUT2D eigenvalue weighted by molar-refractivity contribution is 6.30. The van der Waals surface area contributed by atoms with Crippen molar-refractivity contribution in [3.05, 3.63) is 68.1 Å². The molecule has 8 heteroatoms. The number of hydrogen-bond donors (Lipinski definition) is 1. The zero-order valence-electron chi connectivity index (χ0n) is 10.9. The third-order valence-corrected chi connectivity index (χ3v) is 3.40. The van der Waals surface area contributed by atoms with Gasteiger partial charge in [-0.1, -0.05) is 11.6 Å². The molecule has 0 atom stereocenters. The highest BCUT2D eigenvalue weighted by atomic mass is 35.5. The lowest BCUT2D eigenvalue weighted by atomic mass is 10.2. The minimum absolute atomic E-state index is 0.115. The Morgan fingerprint density at radius 3 is 2.55 bits per heavy atom. The molecule has 0 unspecified atom stereocenters. The van der Waals surface area contributed by atoms with Crippen LogP contribution >= 0.6 is 11.6 Å². The van der Waals surface area contributed by atoms with Crippen molar-refractivity contribution >= 4 is 28.3 Å². The number of rotatable bonds is 2. The van der Waals surface area contributed by atoms with Crippen LogP contribution in [0.5, 0.6) is 5.75 Å². The molecule has 7 nitrogen and oxygen atoms in total. The summed E-state index contributed by atoms with van der Waals surface area (Å²) >= 11 is 5.81. The van der Waals surface area contributed by atoms with Crippen LogP contribution in [0.1, 0.15) is 0 Å². The molecule has 1 N–H and O–H groups in total. The van der Waals surface area contributed by atoms with Crippen molar-refractivity contribution in [2.45, 2.75) is 0 Å². The van der Waals surface area contributed by atoms with Gasteiger partial charge < -0.3 is 5.11 Å². The molecule has 0 saturated heterocycles. The Labute approximate surface area is 128 Å². The average Bonchev–Trinajstić information content (AvgIpc) is 2.49. The maximum atomic E-state index is 12.4. The SMILES string of the molecule is O=c1c([N+](=O)[O-])c(O)c2cccnc2n1-c1ccc(Cl)cc1. The van der Waals surface area contributed by atoms with Crippen LogP contribution in [0, 0.1) is 10.1 Å². The Balaban J connectivity index is 2.50. The molecule has 2 heterocycles. The maximum absolute atomic E-state index is 12.4. The highest BCUT2D eigenvalue weighted by Gasteiger charge is 2.26. The standard InChI is InChI=1S/C14H8ClN3O4/c15-8-3-5-9(6-4-8)17-13-10(2-1-7-16-13)12(19)11(14(17)20)18(21)22/h1-7,19H. The second-order valence-electron chi connectivity index (χ2n) is 4.45. The Hall–Kier alpha value is -2.93. The summed E-state index contributed by atoms with van der Waals surface area (Å²) in [6.45, 7) is 0. The summed E-state index contributed by atoms with van der Waals surface area (Å²) in [6.07, 6.45) is 1.43. The van der Waals surface area contributed by atoms with Crippen molar-refractivity contribution in [3.63, 3.8) is 0 Å². The highest BCUT2D eigenvalue weighted by Crippen LogP contribution is 2.31. The lowest BCUT2D eigenvalue weighted by Crippen LogP contribution is -2.22. The quantitative estimate of drug-likeness (QED) is 0.578. The van der Waals surface area contributed by atoms with Crippen LogP contribution < -0.4 is 5.56 Å². The average molecular weight is 318 g/mol. The fraction of sp³-hybridized carbons (Fsp3) is 0. The molecule has 0 saturated carbocycles. The van der Waals surface area contributed by atoms with Crippen LogP contribution in [0.25, 0.3) is 16.7 Å². The molecule has 3 rings (SSSR count). The van der Waals surface area contributed by atoms with E-state index >= 15 is 0 Å². The predicted octanol–water partition coefficient (Wildman–Crippen LogP) is 2.65. The van der Waals surface area contributed by atoms with Crippen LogP contribution in [0.15, 0.2) is 47.4 Å². The van der Waals surface area contributed by atoms with Crippen molar-refractivity contribution in [2.24, 2.45) is 0 Å². The van der Waals surface area contributed by atoms with Gasteiger partial charge in [-0.3, -0.25) is 19.5 Å². The third-order valence-electron chi connectivity index (χ3n) is 3.15. The van der Waals surface area contributed by atoms with Crippen LogP contribution in [0.4, 0.5) is 5.69 Å². The largest absolute Gasteiger partial charge is 0.501 e. The monoisotopic (exact) mass is 317 g/mol. The van der Waals surface area contributed by atoms with Gasteiger partial charge in [0.15, 0.2) is 5.65 Å². The summed E-state index contributed by atoms with van der Waals surface area (Å²) in [6, 6.07) is 9.16. The molecule has 0 radical (unpaired) electrons. The summed E-state index contributed by atoms with van der Waals surface area (Å²) in [4.78, 5) is 26.7. The summed E-state index contributed by atoms with van der Waals surface area (Å²) < 4.78 is 1.07. The van der Waals surface area contributed by atoms with Crippen molar-refractivity contribution < 1.29 is 10.0 Å². The first-order chi connectivity index (χ1) is 10.5. The number of aromatic hydroxyl groups is 1. The van der Waals surface area contributed by atoms with Gasteiger partial charge in [-0.25, -0.2) is 4.98 Å². The van der Waals surface area contributed by atoms with Gasteiger partial charge in [0.1, 0.15) is 0 Å². The van der Waals surface area contributed by atoms with Crippen LogP contribution in [0.2, 0.25) is 5.02 Å². The van der Waals surface area contributed by atoms with Gasteiger partial charge in [-0.15, -0.1) is 0 Å². The van der Waals surface area contributed by atoms with Crippen LogP contribution in [0.3, 0.4) is 0 Å². The van der Waals surface area contributed by atoms with Crippen molar-refractivity contribution in [2.75, 3.05) is 0 Å². The van der Waals surface area contributed by atoms with E-state index in [2.05, 4.69) is 4.98 Å². The smallest absolute Gasteiger partial charge is 0.376 e. The normalized spacial score (nSPS) is 10.8. The minimum atomic E-state index is -0.962. The molecule has 22 heavy (non-hydrogen) atoms. The maximum Gasteiger partial charge on any atom is 0.376 e. The van der Waals surface area contributed by atoms with Gasteiger partial charge in [0.2, 0.25) is 5.75 Å². The number of hydrogen-bond acceptors (Lipinski definition) is 5. The van der Waals surface area contributed by atoms with E-state index in [1.54, 1.807) is 24.3 Å². The van der Waals surface area contributed by atoms with E-state index in [1.165, 1.54) is 18.3 Å². The van der Waals surface area contributed by atoms with Gasteiger partial charge in [-0.2, -0.15) is 0 Å². The van der Waals surface area contributed by atoms with Crippen LogP contribution in [-0.4, -0.2) is 19.6 Å². The number of nitrogens with zero attached hydrogens (tertiary/aromatic N) is 3. The summed E-state index contributed by atoms with van der Waals surface area (Å²) in [5.41, 5.74) is -1.37. The fourth-order valence-electron chi connectivity index (χ4n) is 2.19. The van der Waals surface area contributed by atoms with Gasteiger partial charge >= 0.3 is 11.2 Å². The van der Waals surface area contributed by atoms with Crippen molar-refractivity contribution in [1.29, 1.82) is 0 Å². The molecule has 0 bridgehead atoms. The molecule has 0 aliphatic carbocycles. The van der Waals surface area contributed by atoms with E-state index in [9.17, 15) is 20.0 Å². The second-order valence-corrected chi connectivity index (χ2v) is 4.88. The zero-order valence-corrected chi connectivity index (χ0v) is 11.7. The molecule has 2 aromatic heterocycles. The summed E-state index contributed by atoms with van der Waals surface area (Å²) in [5.74, 6) is -0.691. The molecular weight excluding hydrogens is 310 g/mol. The molecule has 0 aliphatic heterocycles. The summed E-state index contributed by atoms with van der Waals surface area (Å²) in [5, 5.41) is 21.7. The van der Waals surface area contributed by atoms with E-state index in [1.807, 2.05) is 0 Å². The number of fused-ring (bicyclic) bond motifs is 1. The van der Waals surface area contributed by atoms with Crippen LogP contribution in [-0.2, 0) is 0 Å². The molecule has 110 valence electrons. The first kappa shape index (κ1) is 14.0. The number of nitro groups is 1. The number of benzene rings is 1. The number of halogens is 1. The Morgan fingerprint density at radius 2 is 1.91 bits per heavy atom. The third kappa shape index (κ3) is 2.08. The lowest BCUT2D eigenvalue weighted by Gasteiger charge is -2.10. The molecule has 0 spiro atoms. The second kappa shape index (κ2) is 5.12. The molecule has 0 fully saturated rings. The van der Waals surface area contributed by atoms with E-state index in [0.29, 0.717) is 10.7 Å². The first-order valence-corrected chi connectivity index (χ1v) is 6.51. The first-order valence-electron chi connectivity index (χ1n) is 6.13. The Bertz CT molecular complexity index is 951. The van der Waals surface area contributed by atoms with Gasteiger partial charge in [0.05, 0.1) is 16.0 Å². The zero-order chi connectivity index (χ0) is 15.9. The van der Waals surface area contributed by atoms with E-state index in [4.69, 9.17) is 11.6 Å². The molecule has 1 aromatic carbocycles. The summed E-state index contributed by atoms with van der Waals surface area (Å²) in [7, 11) is 0. The van der Waals surface area contributed by atoms with E-state index in [-0.39, 0.29) is 11.0 Å². The van der Waals surface area contributed by atoms with Crippen molar-refractivity contribution in [1.82, 2.24) is 9.55 Å².